The number of pyridine rings is 1. The SMILES string of the molecule is CC1(C)O[C@@H]2[C@@H](CCc3ccc4cc(Br)c(N)nc4c3)C[C@@H](n3ccc4c(N)ncnc43)[C@@H]2O1. The fourth-order valence-electron chi connectivity index (χ4n) is 5.58. The lowest BCUT2D eigenvalue weighted by molar-refractivity contribution is -0.160. The monoisotopic (exact) mass is 522 g/mol. The average molecular weight is 523 g/mol. The smallest absolute Gasteiger partial charge is 0.163 e. The van der Waals surface area contributed by atoms with Gasteiger partial charge in [0.25, 0.3) is 0 Å². The number of ether oxygens (including phenoxy) is 2. The molecule has 1 saturated heterocycles. The summed E-state index contributed by atoms with van der Waals surface area (Å²) in [6, 6.07) is 10.5. The van der Waals surface area contributed by atoms with E-state index in [0.29, 0.717) is 17.6 Å². The fourth-order valence-corrected chi connectivity index (χ4v) is 5.91. The third-order valence-electron chi connectivity index (χ3n) is 7.12. The van der Waals surface area contributed by atoms with E-state index >= 15 is 0 Å². The molecule has 1 aliphatic carbocycles. The molecule has 1 aliphatic heterocycles. The number of nitrogens with two attached hydrogens (primary N) is 2. The second kappa shape index (κ2) is 7.90. The summed E-state index contributed by atoms with van der Waals surface area (Å²) in [5.41, 5.74) is 15.1. The van der Waals surface area contributed by atoms with E-state index in [4.69, 9.17) is 20.9 Å². The molecule has 4 atom stereocenters. The Hall–Kier alpha value is -2.75. The molecule has 4 aromatic rings. The van der Waals surface area contributed by atoms with Gasteiger partial charge in [-0.05, 0) is 78.7 Å². The van der Waals surface area contributed by atoms with Crippen molar-refractivity contribution in [3.05, 3.63) is 52.9 Å². The molecule has 1 saturated carbocycles. The van der Waals surface area contributed by atoms with Crippen LogP contribution in [0.25, 0.3) is 21.9 Å². The maximum Gasteiger partial charge on any atom is 0.163 e. The third kappa shape index (κ3) is 3.62. The minimum absolute atomic E-state index is 0.0295. The zero-order chi connectivity index (χ0) is 23.6. The molecule has 0 amide bonds. The van der Waals surface area contributed by atoms with E-state index in [1.807, 2.05) is 32.2 Å². The third-order valence-corrected chi connectivity index (χ3v) is 7.75. The predicted molar refractivity (Wildman–Crippen MR) is 135 cm³/mol. The zero-order valence-corrected chi connectivity index (χ0v) is 20.7. The highest BCUT2D eigenvalue weighted by molar-refractivity contribution is 9.10. The first kappa shape index (κ1) is 21.8. The lowest BCUT2D eigenvalue weighted by Gasteiger charge is -2.24. The molecular formula is C25H27BrN6O2. The Morgan fingerprint density at radius 1 is 1.09 bits per heavy atom. The van der Waals surface area contributed by atoms with Crippen LogP contribution in [0.2, 0.25) is 0 Å². The second-order valence-electron chi connectivity index (χ2n) is 9.77. The lowest BCUT2D eigenvalue weighted by Crippen LogP contribution is -2.27. The first-order valence-corrected chi connectivity index (χ1v) is 12.4. The van der Waals surface area contributed by atoms with Crippen LogP contribution >= 0.6 is 15.9 Å². The Balaban J connectivity index is 1.27. The van der Waals surface area contributed by atoms with Crippen molar-refractivity contribution in [2.24, 2.45) is 5.92 Å². The van der Waals surface area contributed by atoms with Crippen LogP contribution in [0, 0.1) is 5.92 Å². The van der Waals surface area contributed by atoms with Gasteiger partial charge in [-0.1, -0.05) is 12.1 Å². The molecule has 4 N–H and O–H groups in total. The predicted octanol–water partition coefficient (Wildman–Crippen LogP) is 4.62. The molecule has 9 heteroatoms. The first-order valence-electron chi connectivity index (χ1n) is 11.6. The van der Waals surface area contributed by atoms with Crippen LogP contribution < -0.4 is 11.5 Å². The van der Waals surface area contributed by atoms with Gasteiger partial charge in [0.1, 0.15) is 29.7 Å². The largest absolute Gasteiger partial charge is 0.383 e. The number of hydrogen-bond donors (Lipinski definition) is 2. The minimum atomic E-state index is -0.610. The molecule has 6 rings (SSSR count). The van der Waals surface area contributed by atoms with E-state index in [1.54, 1.807) is 0 Å². The van der Waals surface area contributed by atoms with Crippen LogP contribution in [0.1, 0.15) is 38.3 Å². The Morgan fingerprint density at radius 2 is 1.91 bits per heavy atom. The van der Waals surface area contributed by atoms with Gasteiger partial charge in [0, 0.05) is 11.6 Å². The first-order chi connectivity index (χ1) is 16.3. The molecule has 2 fully saturated rings. The highest BCUT2D eigenvalue weighted by atomic mass is 79.9. The van der Waals surface area contributed by atoms with Gasteiger partial charge in [0.05, 0.1) is 27.5 Å². The summed E-state index contributed by atoms with van der Waals surface area (Å²) in [6.45, 7) is 3.98. The van der Waals surface area contributed by atoms with Crippen LogP contribution in [0.15, 0.2) is 47.3 Å². The van der Waals surface area contributed by atoms with Gasteiger partial charge in [-0.3, -0.25) is 0 Å². The molecule has 2 aliphatic rings. The van der Waals surface area contributed by atoms with Crippen molar-refractivity contribution in [3.8, 4) is 0 Å². The van der Waals surface area contributed by atoms with E-state index in [1.165, 1.54) is 11.9 Å². The van der Waals surface area contributed by atoms with Crippen LogP contribution in [0.3, 0.4) is 0 Å². The molecule has 3 aromatic heterocycles. The minimum Gasteiger partial charge on any atom is -0.383 e. The topological polar surface area (TPSA) is 114 Å². The van der Waals surface area contributed by atoms with E-state index in [0.717, 1.165) is 45.7 Å². The van der Waals surface area contributed by atoms with Crippen molar-refractivity contribution in [2.45, 2.75) is 57.1 Å². The molecule has 34 heavy (non-hydrogen) atoms. The number of anilines is 2. The van der Waals surface area contributed by atoms with Crippen LogP contribution in [0.5, 0.6) is 0 Å². The highest BCUT2D eigenvalue weighted by Crippen LogP contribution is 2.49. The van der Waals surface area contributed by atoms with Crippen LogP contribution in [-0.4, -0.2) is 37.5 Å². The number of nitrogens with zero attached hydrogens (tertiary/aromatic N) is 4. The van der Waals surface area contributed by atoms with Crippen molar-refractivity contribution >= 4 is 49.5 Å². The summed E-state index contributed by atoms with van der Waals surface area (Å²) >= 11 is 3.46. The number of benzene rings is 1. The summed E-state index contributed by atoms with van der Waals surface area (Å²) in [7, 11) is 0. The van der Waals surface area contributed by atoms with Crippen molar-refractivity contribution in [1.29, 1.82) is 0 Å². The van der Waals surface area contributed by atoms with Crippen molar-refractivity contribution < 1.29 is 9.47 Å². The molecule has 8 nitrogen and oxygen atoms in total. The van der Waals surface area contributed by atoms with Gasteiger partial charge < -0.3 is 25.5 Å². The van der Waals surface area contributed by atoms with Gasteiger partial charge in [-0.2, -0.15) is 0 Å². The standard InChI is InChI=1S/C25H27BrN6O2/c1-25(2)33-20-15(6-4-13-3-5-14-10-17(26)23(28)31-18(14)9-13)11-19(21(20)34-25)32-8-7-16-22(27)29-12-30-24(16)32/h3,5,7-10,12,15,19-21H,4,6,11H2,1-2H3,(H2,28,31)(H2,27,29,30)/t15-,19+,20+,21-/m0/s1. The lowest BCUT2D eigenvalue weighted by atomic mass is 9.95. The van der Waals surface area contributed by atoms with Crippen molar-refractivity contribution in [3.63, 3.8) is 0 Å². The fraction of sp³-hybridized carbons (Fsp3) is 0.400. The molecule has 1 aromatic carbocycles. The quantitative estimate of drug-likeness (QED) is 0.401. The van der Waals surface area contributed by atoms with E-state index < -0.39 is 5.79 Å². The van der Waals surface area contributed by atoms with Gasteiger partial charge in [0.15, 0.2) is 5.79 Å². The molecular weight excluding hydrogens is 496 g/mol. The maximum atomic E-state index is 6.41. The normalized spacial score (nSPS) is 25.9. The summed E-state index contributed by atoms with van der Waals surface area (Å²) in [5, 5.41) is 1.94. The molecule has 0 bridgehead atoms. The number of rotatable bonds is 4. The van der Waals surface area contributed by atoms with Crippen molar-refractivity contribution in [1.82, 2.24) is 19.5 Å². The highest BCUT2D eigenvalue weighted by Gasteiger charge is 2.54. The van der Waals surface area contributed by atoms with Gasteiger partial charge >= 0.3 is 0 Å². The summed E-state index contributed by atoms with van der Waals surface area (Å²) < 4.78 is 15.8. The van der Waals surface area contributed by atoms with E-state index in [9.17, 15) is 0 Å². The van der Waals surface area contributed by atoms with Gasteiger partial charge in [-0.15, -0.1) is 0 Å². The summed E-state index contributed by atoms with van der Waals surface area (Å²) in [4.78, 5) is 13.2. The summed E-state index contributed by atoms with van der Waals surface area (Å²) in [6.07, 6.45) is 6.43. The Labute approximate surface area is 205 Å². The van der Waals surface area contributed by atoms with Crippen LogP contribution in [0.4, 0.5) is 11.6 Å². The number of fused-ring (bicyclic) bond motifs is 3. The number of hydrogen-bond acceptors (Lipinski definition) is 7. The maximum absolute atomic E-state index is 6.41. The molecule has 176 valence electrons. The Kier molecular flexibility index (Phi) is 5.05. The second-order valence-corrected chi connectivity index (χ2v) is 10.6. The molecule has 4 heterocycles. The number of halogens is 1. The van der Waals surface area contributed by atoms with E-state index in [-0.39, 0.29) is 18.2 Å². The zero-order valence-electron chi connectivity index (χ0n) is 19.1. The Morgan fingerprint density at radius 3 is 2.76 bits per heavy atom. The molecule has 0 radical (unpaired) electrons. The Bertz CT molecular complexity index is 1400. The van der Waals surface area contributed by atoms with Crippen molar-refractivity contribution in [2.75, 3.05) is 11.5 Å². The number of aromatic nitrogens is 4. The average Bonchev–Trinajstić information content (AvgIpc) is 3.45. The van der Waals surface area contributed by atoms with Gasteiger partial charge in [0.2, 0.25) is 0 Å². The molecule has 0 spiro atoms. The van der Waals surface area contributed by atoms with Crippen LogP contribution in [-0.2, 0) is 15.9 Å². The number of nitrogen functional groups attached to an aromatic ring is 2. The number of aryl methyl sites for hydroxylation is 1. The molecule has 0 unspecified atom stereocenters. The van der Waals surface area contributed by atoms with Gasteiger partial charge in [-0.25, -0.2) is 15.0 Å². The van der Waals surface area contributed by atoms with E-state index in [2.05, 4.69) is 53.6 Å². The summed E-state index contributed by atoms with van der Waals surface area (Å²) in [5.74, 6) is 0.748.